The van der Waals surface area contributed by atoms with E-state index in [0.717, 1.165) is 36.3 Å². The molecule has 0 spiro atoms. The first-order valence-corrected chi connectivity index (χ1v) is 13.0. The van der Waals surface area contributed by atoms with Crippen LogP contribution in [-0.4, -0.2) is 31.4 Å². The summed E-state index contributed by atoms with van der Waals surface area (Å²) in [5, 5.41) is 3.45. The summed E-state index contributed by atoms with van der Waals surface area (Å²) in [6, 6.07) is 10.3. The Morgan fingerprint density at radius 2 is 2.00 bits per heavy atom. The van der Waals surface area contributed by atoms with Gasteiger partial charge in [0.05, 0.1) is 29.9 Å². The molecule has 33 heavy (non-hydrogen) atoms. The SMILES string of the molecule is COc1ccc(-c2sc(NC(=O)C3CCCC3)nc2C)cc1S(=O)(=O)NCc1ccccn1. The van der Waals surface area contributed by atoms with Gasteiger partial charge in [0.25, 0.3) is 0 Å². The fourth-order valence-corrected chi connectivity index (χ4v) is 6.05. The molecule has 0 saturated heterocycles. The molecular weight excluding hydrogens is 460 g/mol. The van der Waals surface area contributed by atoms with Crippen LogP contribution in [0, 0.1) is 12.8 Å². The summed E-state index contributed by atoms with van der Waals surface area (Å²) >= 11 is 1.33. The second-order valence-corrected chi connectivity index (χ2v) is 10.6. The molecular formula is C23H26N4O4S2. The number of hydrogen-bond donors (Lipinski definition) is 2. The number of benzene rings is 1. The van der Waals surface area contributed by atoms with Crippen molar-refractivity contribution < 1.29 is 17.9 Å². The molecule has 1 saturated carbocycles. The molecule has 2 aromatic heterocycles. The number of nitrogens with zero attached hydrogens (tertiary/aromatic N) is 2. The van der Waals surface area contributed by atoms with E-state index in [2.05, 4.69) is 20.0 Å². The van der Waals surface area contributed by atoms with E-state index in [9.17, 15) is 13.2 Å². The van der Waals surface area contributed by atoms with Gasteiger partial charge in [-0.15, -0.1) is 0 Å². The summed E-state index contributed by atoms with van der Waals surface area (Å²) in [4.78, 5) is 21.9. The van der Waals surface area contributed by atoms with Crippen molar-refractivity contribution in [1.29, 1.82) is 0 Å². The predicted molar refractivity (Wildman–Crippen MR) is 128 cm³/mol. The normalized spacial score (nSPS) is 14.4. The van der Waals surface area contributed by atoms with Gasteiger partial charge in [-0.2, -0.15) is 0 Å². The van der Waals surface area contributed by atoms with Crippen molar-refractivity contribution in [2.75, 3.05) is 12.4 Å². The van der Waals surface area contributed by atoms with Gasteiger partial charge in [0.15, 0.2) is 5.13 Å². The van der Waals surface area contributed by atoms with E-state index in [4.69, 9.17) is 4.74 Å². The Kier molecular flexibility index (Phi) is 7.06. The van der Waals surface area contributed by atoms with E-state index >= 15 is 0 Å². The number of thiazole rings is 1. The molecule has 0 radical (unpaired) electrons. The number of aryl methyl sites for hydroxylation is 1. The van der Waals surface area contributed by atoms with E-state index in [1.807, 2.05) is 6.92 Å². The molecule has 1 amide bonds. The molecule has 0 unspecified atom stereocenters. The minimum Gasteiger partial charge on any atom is -0.495 e. The summed E-state index contributed by atoms with van der Waals surface area (Å²) in [5.41, 5.74) is 2.01. The Bertz CT molecular complexity index is 1240. The number of amides is 1. The van der Waals surface area contributed by atoms with Crippen LogP contribution in [0.2, 0.25) is 0 Å². The number of rotatable bonds is 8. The zero-order chi connectivity index (χ0) is 23.4. The molecule has 8 nitrogen and oxygen atoms in total. The van der Waals surface area contributed by atoms with Crippen LogP contribution in [0.5, 0.6) is 5.75 Å². The molecule has 0 atom stereocenters. The Morgan fingerprint density at radius 3 is 2.70 bits per heavy atom. The lowest BCUT2D eigenvalue weighted by Gasteiger charge is -2.12. The lowest BCUT2D eigenvalue weighted by atomic mass is 10.1. The van der Waals surface area contributed by atoms with Gasteiger partial charge >= 0.3 is 0 Å². The van der Waals surface area contributed by atoms with Crippen molar-refractivity contribution in [2.45, 2.75) is 44.0 Å². The first-order chi connectivity index (χ1) is 15.9. The van der Waals surface area contributed by atoms with Crippen molar-refractivity contribution in [1.82, 2.24) is 14.7 Å². The highest BCUT2D eigenvalue weighted by atomic mass is 32.2. The van der Waals surface area contributed by atoms with Crippen molar-refractivity contribution in [3.63, 3.8) is 0 Å². The molecule has 2 N–H and O–H groups in total. The first-order valence-electron chi connectivity index (χ1n) is 10.7. The van der Waals surface area contributed by atoms with Gasteiger partial charge in [0.1, 0.15) is 10.6 Å². The lowest BCUT2D eigenvalue weighted by molar-refractivity contribution is -0.119. The monoisotopic (exact) mass is 486 g/mol. The average Bonchev–Trinajstić information content (AvgIpc) is 3.48. The van der Waals surface area contributed by atoms with Crippen LogP contribution >= 0.6 is 11.3 Å². The summed E-state index contributed by atoms with van der Waals surface area (Å²) in [6.45, 7) is 1.91. The van der Waals surface area contributed by atoms with Gasteiger partial charge in [-0.25, -0.2) is 18.1 Å². The van der Waals surface area contributed by atoms with Crippen LogP contribution in [0.25, 0.3) is 10.4 Å². The maximum Gasteiger partial charge on any atom is 0.244 e. The van der Waals surface area contributed by atoms with Gasteiger partial charge in [0.2, 0.25) is 15.9 Å². The van der Waals surface area contributed by atoms with Gasteiger partial charge in [-0.1, -0.05) is 30.2 Å². The van der Waals surface area contributed by atoms with Crippen LogP contribution in [0.3, 0.4) is 0 Å². The zero-order valence-electron chi connectivity index (χ0n) is 18.5. The third-order valence-electron chi connectivity index (χ3n) is 5.64. The quantitative estimate of drug-likeness (QED) is 0.495. The Balaban J connectivity index is 1.58. The molecule has 1 fully saturated rings. The fourth-order valence-electron chi connectivity index (χ4n) is 3.89. The molecule has 1 aromatic carbocycles. The van der Waals surface area contributed by atoms with Crippen molar-refractivity contribution in [3.8, 4) is 16.2 Å². The van der Waals surface area contributed by atoms with E-state index in [0.29, 0.717) is 16.4 Å². The van der Waals surface area contributed by atoms with Crippen LogP contribution in [-0.2, 0) is 21.4 Å². The number of anilines is 1. The van der Waals surface area contributed by atoms with E-state index < -0.39 is 10.0 Å². The van der Waals surface area contributed by atoms with E-state index in [1.165, 1.54) is 18.4 Å². The van der Waals surface area contributed by atoms with Crippen LogP contribution in [0.1, 0.15) is 37.1 Å². The third-order valence-corrected chi connectivity index (χ3v) is 8.18. The standard InChI is InChI=1S/C23H26N4O4S2/c1-15-21(32-23(26-15)27-22(28)16-7-3-4-8-16)17-10-11-19(31-2)20(13-17)33(29,30)25-14-18-9-5-6-12-24-18/h5-6,9-13,16,25H,3-4,7-8,14H2,1-2H3,(H,26,27,28). The molecule has 2 heterocycles. The average molecular weight is 487 g/mol. The predicted octanol–water partition coefficient (Wildman–Crippen LogP) is 4.13. The Morgan fingerprint density at radius 1 is 1.21 bits per heavy atom. The lowest BCUT2D eigenvalue weighted by Crippen LogP contribution is -2.24. The summed E-state index contributed by atoms with van der Waals surface area (Å²) in [5.74, 6) is 0.286. The number of ether oxygens (including phenoxy) is 1. The summed E-state index contributed by atoms with van der Waals surface area (Å²) in [6.07, 6.45) is 5.60. The van der Waals surface area contributed by atoms with Crippen LogP contribution in [0.15, 0.2) is 47.5 Å². The van der Waals surface area contributed by atoms with Gasteiger partial charge in [0, 0.05) is 12.1 Å². The molecule has 1 aliphatic rings. The molecule has 0 aliphatic heterocycles. The molecule has 4 rings (SSSR count). The molecule has 3 aromatic rings. The van der Waals surface area contributed by atoms with Crippen LogP contribution in [0.4, 0.5) is 5.13 Å². The number of hydrogen-bond acceptors (Lipinski definition) is 7. The zero-order valence-corrected chi connectivity index (χ0v) is 20.1. The van der Waals surface area contributed by atoms with Crippen molar-refractivity contribution >= 4 is 32.4 Å². The number of nitrogens with one attached hydrogen (secondary N) is 2. The van der Waals surface area contributed by atoms with Crippen LogP contribution < -0.4 is 14.8 Å². The van der Waals surface area contributed by atoms with Gasteiger partial charge < -0.3 is 10.1 Å². The third kappa shape index (κ3) is 5.40. The van der Waals surface area contributed by atoms with E-state index in [1.54, 1.807) is 42.6 Å². The number of carbonyl (C=O) groups excluding carboxylic acids is 1. The smallest absolute Gasteiger partial charge is 0.244 e. The largest absolute Gasteiger partial charge is 0.495 e. The molecule has 0 bridgehead atoms. The number of aromatic nitrogens is 2. The molecule has 10 heteroatoms. The molecule has 1 aliphatic carbocycles. The molecule has 174 valence electrons. The summed E-state index contributed by atoms with van der Waals surface area (Å²) < 4.78 is 34.0. The number of carbonyl (C=O) groups is 1. The second-order valence-electron chi connectivity index (χ2n) is 7.92. The van der Waals surface area contributed by atoms with Crippen molar-refractivity contribution in [3.05, 3.63) is 54.0 Å². The van der Waals surface area contributed by atoms with Gasteiger partial charge in [-0.3, -0.25) is 9.78 Å². The topological polar surface area (TPSA) is 110 Å². The summed E-state index contributed by atoms with van der Waals surface area (Å²) in [7, 11) is -2.44. The highest BCUT2D eigenvalue weighted by molar-refractivity contribution is 7.89. The highest BCUT2D eigenvalue weighted by Gasteiger charge is 2.25. The Hall–Kier alpha value is -2.82. The maximum absolute atomic E-state index is 13.1. The highest BCUT2D eigenvalue weighted by Crippen LogP contribution is 2.37. The second kappa shape index (κ2) is 9.98. The fraction of sp³-hybridized carbons (Fsp3) is 0.348. The minimum atomic E-state index is -3.87. The van der Waals surface area contributed by atoms with Crippen molar-refractivity contribution in [2.24, 2.45) is 5.92 Å². The minimum absolute atomic E-state index is 0.00418. The Labute approximate surface area is 197 Å². The first kappa shape index (κ1) is 23.3. The number of methoxy groups -OCH3 is 1. The number of sulfonamides is 1. The van der Waals surface area contributed by atoms with E-state index in [-0.39, 0.29) is 29.0 Å². The van der Waals surface area contributed by atoms with Gasteiger partial charge in [-0.05, 0) is 55.7 Å². The maximum atomic E-state index is 13.1. The number of pyridine rings is 1.